The fourth-order valence-electron chi connectivity index (χ4n) is 3.31. The number of carbonyl (C=O) groups excluding carboxylic acids is 1. The third-order valence-corrected chi connectivity index (χ3v) is 6.97. The number of halogens is 3. The zero-order valence-corrected chi connectivity index (χ0v) is 18.9. The van der Waals surface area contributed by atoms with Gasteiger partial charge in [0.1, 0.15) is 0 Å². The van der Waals surface area contributed by atoms with Gasteiger partial charge in [-0.1, -0.05) is 12.1 Å². The minimum Gasteiger partial charge on any atom is -0.302 e. The van der Waals surface area contributed by atoms with Gasteiger partial charge in [-0.15, -0.1) is 11.3 Å². The van der Waals surface area contributed by atoms with Crippen LogP contribution in [-0.4, -0.2) is 40.4 Å². The smallest absolute Gasteiger partial charge is 0.302 e. The van der Waals surface area contributed by atoms with Gasteiger partial charge in [0.05, 0.1) is 17.0 Å². The van der Waals surface area contributed by atoms with Crippen molar-refractivity contribution in [2.45, 2.75) is 37.1 Å². The number of thiazole rings is 1. The van der Waals surface area contributed by atoms with Crippen LogP contribution in [0.1, 0.15) is 27.5 Å². The van der Waals surface area contributed by atoms with Crippen molar-refractivity contribution >= 4 is 32.2 Å². The van der Waals surface area contributed by atoms with Crippen molar-refractivity contribution in [1.29, 1.82) is 0 Å². The number of aromatic nitrogens is 3. The summed E-state index contributed by atoms with van der Waals surface area (Å²) in [4.78, 5) is 26.7. The molecule has 1 amide bonds. The maximum Gasteiger partial charge on any atom is 0.451 e. The second-order valence-corrected chi connectivity index (χ2v) is 10.7. The maximum atomic E-state index is 12.6. The highest BCUT2D eigenvalue weighted by Crippen LogP contribution is 2.32. The number of benzene rings is 1. The Kier molecular flexibility index (Phi) is 6.20. The lowest BCUT2D eigenvalue weighted by molar-refractivity contribution is -0.145. The molecule has 3 aromatic rings. The number of amides is 1. The van der Waals surface area contributed by atoms with Crippen LogP contribution in [0.2, 0.25) is 0 Å². The first kappa shape index (κ1) is 23.3. The normalized spacial score (nSPS) is 14.3. The first-order valence-electron chi connectivity index (χ1n) is 9.65. The molecule has 1 aromatic carbocycles. The molecule has 0 spiro atoms. The molecule has 2 aromatic heterocycles. The van der Waals surface area contributed by atoms with E-state index in [-0.39, 0.29) is 17.2 Å². The van der Waals surface area contributed by atoms with Crippen LogP contribution in [-0.2, 0) is 46.9 Å². The van der Waals surface area contributed by atoms with Crippen LogP contribution < -0.4 is 5.32 Å². The Bertz CT molecular complexity index is 1250. The predicted molar refractivity (Wildman–Crippen MR) is 114 cm³/mol. The molecule has 3 heterocycles. The Morgan fingerprint density at radius 2 is 1.79 bits per heavy atom. The molecule has 0 saturated carbocycles. The summed E-state index contributed by atoms with van der Waals surface area (Å²) in [7, 11) is -3.29. The lowest BCUT2D eigenvalue weighted by atomic mass is 10.1. The molecule has 1 aliphatic heterocycles. The summed E-state index contributed by atoms with van der Waals surface area (Å²) in [6.07, 6.45) is -1.03. The highest BCUT2D eigenvalue weighted by molar-refractivity contribution is 7.90. The first-order valence-corrected chi connectivity index (χ1v) is 12.4. The average Bonchev–Trinajstić information content (AvgIpc) is 3.25. The molecule has 0 aliphatic carbocycles. The van der Waals surface area contributed by atoms with Gasteiger partial charge in [-0.2, -0.15) is 13.2 Å². The number of anilines is 1. The van der Waals surface area contributed by atoms with Gasteiger partial charge in [0.25, 0.3) is 0 Å². The standard InChI is InChI=1S/C20H18F3N5O3S2/c1-33(30,31)14-4-2-12(3-5-14)6-17(29)27-19-26-15-10-28(11-16(15)32-19)9-13-7-24-18(25-8-13)20(21,22)23/h2-5,7-8H,6,9-11H2,1H3,(H,26,27,29). The number of carbonyl (C=O) groups is 1. The van der Waals surface area contributed by atoms with Gasteiger partial charge in [-0.25, -0.2) is 23.4 Å². The largest absolute Gasteiger partial charge is 0.451 e. The first-order chi connectivity index (χ1) is 15.5. The Morgan fingerprint density at radius 1 is 1.12 bits per heavy atom. The molecular formula is C20H18F3N5O3S2. The van der Waals surface area contributed by atoms with Crippen LogP contribution in [0.25, 0.3) is 0 Å². The maximum absolute atomic E-state index is 12.6. The molecule has 1 aliphatic rings. The molecule has 13 heteroatoms. The second-order valence-electron chi connectivity index (χ2n) is 7.59. The molecule has 1 N–H and O–H groups in total. The fourth-order valence-corrected chi connectivity index (χ4v) is 4.97. The molecule has 0 fully saturated rings. The number of nitrogens with one attached hydrogen (secondary N) is 1. The SMILES string of the molecule is CS(=O)(=O)c1ccc(CC(=O)Nc2nc3c(s2)CN(Cc2cnc(C(F)(F)F)nc2)C3)cc1. The van der Waals surface area contributed by atoms with Gasteiger partial charge in [0.15, 0.2) is 15.0 Å². The number of hydrogen-bond donors (Lipinski definition) is 1. The van der Waals surface area contributed by atoms with Crippen molar-refractivity contribution in [3.05, 3.63) is 64.2 Å². The van der Waals surface area contributed by atoms with Crippen molar-refractivity contribution < 1.29 is 26.4 Å². The van der Waals surface area contributed by atoms with Gasteiger partial charge in [0, 0.05) is 48.7 Å². The molecule has 0 unspecified atom stereocenters. The highest BCUT2D eigenvalue weighted by atomic mass is 32.2. The van der Waals surface area contributed by atoms with E-state index in [0.717, 1.165) is 16.8 Å². The molecular weight excluding hydrogens is 479 g/mol. The minimum absolute atomic E-state index is 0.0777. The minimum atomic E-state index is -4.57. The zero-order valence-electron chi connectivity index (χ0n) is 17.3. The average molecular weight is 498 g/mol. The topological polar surface area (TPSA) is 105 Å². The highest BCUT2D eigenvalue weighted by Gasteiger charge is 2.34. The molecule has 0 bridgehead atoms. The van der Waals surface area contributed by atoms with Gasteiger partial charge in [-0.05, 0) is 17.7 Å². The number of hydrogen-bond acceptors (Lipinski definition) is 8. The molecule has 0 radical (unpaired) electrons. The van der Waals surface area contributed by atoms with Crippen LogP contribution in [0.5, 0.6) is 0 Å². The third-order valence-electron chi connectivity index (χ3n) is 4.85. The van der Waals surface area contributed by atoms with Crippen LogP contribution in [0.4, 0.5) is 18.3 Å². The van der Waals surface area contributed by atoms with E-state index in [2.05, 4.69) is 20.3 Å². The fraction of sp³-hybridized carbons (Fsp3) is 0.300. The lowest BCUT2D eigenvalue weighted by Crippen LogP contribution is -2.18. The zero-order chi connectivity index (χ0) is 23.8. The Morgan fingerprint density at radius 3 is 2.36 bits per heavy atom. The number of fused-ring (bicyclic) bond motifs is 1. The molecule has 4 rings (SSSR count). The third kappa shape index (κ3) is 5.72. The van der Waals surface area contributed by atoms with E-state index in [4.69, 9.17) is 0 Å². The summed E-state index contributed by atoms with van der Waals surface area (Å²) in [5.41, 5.74) is 2.04. The number of alkyl halides is 3. The summed E-state index contributed by atoms with van der Waals surface area (Å²) in [6.45, 7) is 1.43. The van der Waals surface area contributed by atoms with Crippen LogP contribution >= 0.6 is 11.3 Å². The van der Waals surface area contributed by atoms with E-state index < -0.39 is 21.8 Å². The van der Waals surface area contributed by atoms with E-state index in [1.807, 2.05) is 4.90 Å². The number of sulfone groups is 1. The van der Waals surface area contributed by atoms with E-state index in [1.165, 1.54) is 35.9 Å². The quantitative estimate of drug-likeness (QED) is 0.558. The summed E-state index contributed by atoms with van der Waals surface area (Å²) < 4.78 is 60.8. The monoisotopic (exact) mass is 497 g/mol. The number of nitrogens with zero attached hydrogens (tertiary/aromatic N) is 4. The summed E-state index contributed by atoms with van der Waals surface area (Å²) in [6, 6.07) is 6.12. The Hall–Kier alpha value is -2.90. The van der Waals surface area contributed by atoms with Crippen molar-refractivity contribution in [2.24, 2.45) is 0 Å². The summed E-state index contributed by atoms with van der Waals surface area (Å²) in [5.74, 6) is -1.44. The molecule has 0 atom stereocenters. The second kappa shape index (κ2) is 8.80. The van der Waals surface area contributed by atoms with Gasteiger partial charge < -0.3 is 5.32 Å². The van der Waals surface area contributed by atoms with Crippen molar-refractivity contribution in [3.63, 3.8) is 0 Å². The van der Waals surface area contributed by atoms with Crippen molar-refractivity contribution in [1.82, 2.24) is 19.9 Å². The Balaban J connectivity index is 1.31. The molecule has 8 nitrogen and oxygen atoms in total. The van der Waals surface area contributed by atoms with Crippen LogP contribution in [0.3, 0.4) is 0 Å². The predicted octanol–water partition coefficient (Wildman–Crippen LogP) is 3.05. The van der Waals surface area contributed by atoms with Gasteiger partial charge >= 0.3 is 6.18 Å². The molecule has 33 heavy (non-hydrogen) atoms. The molecule has 174 valence electrons. The van der Waals surface area contributed by atoms with E-state index in [0.29, 0.717) is 35.9 Å². The summed E-state index contributed by atoms with van der Waals surface area (Å²) in [5, 5.41) is 3.22. The van der Waals surface area contributed by atoms with Gasteiger partial charge in [0.2, 0.25) is 11.7 Å². The van der Waals surface area contributed by atoms with E-state index in [1.54, 1.807) is 12.1 Å². The van der Waals surface area contributed by atoms with Crippen LogP contribution in [0.15, 0.2) is 41.6 Å². The van der Waals surface area contributed by atoms with Crippen molar-refractivity contribution in [3.8, 4) is 0 Å². The Labute approximate surface area is 191 Å². The van der Waals surface area contributed by atoms with Crippen LogP contribution in [0, 0.1) is 0 Å². The van der Waals surface area contributed by atoms with Crippen molar-refractivity contribution in [2.75, 3.05) is 11.6 Å². The number of rotatable bonds is 6. The summed E-state index contributed by atoms with van der Waals surface area (Å²) >= 11 is 1.34. The molecule has 0 saturated heterocycles. The van der Waals surface area contributed by atoms with E-state index >= 15 is 0 Å². The van der Waals surface area contributed by atoms with Gasteiger partial charge in [-0.3, -0.25) is 9.69 Å². The lowest BCUT2D eigenvalue weighted by Gasteiger charge is -2.14. The van der Waals surface area contributed by atoms with E-state index in [9.17, 15) is 26.4 Å².